The monoisotopic (exact) mass is 262 g/mol. The Labute approximate surface area is 118 Å². The minimum atomic E-state index is 0.157. The van der Waals surface area contributed by atoms with Gasteiger partial charge in [-0.1, -0.05) is 26.7 Å². The lowest BCUT2D eigenvalue weighted by molar-refractivity contribution is -0.169. The van der Waals surface area contributed by atoms with Crippen molar-refractivity contribution in [3.63, 3.8) is 0 Å². The van der Waals surface area contributed by atoms with Crippen LogP contribution in [0.4, 0.5) is 0 Å². The molecule has 0 amide bonds. The first-order chi connectivity index (χ1) is 9.14. The molecule has 3 saturated carbocycles. The molecule has 0 aromatic heterocycles. The van der Waals surface area contributed by atoms with Gasteiger partial charge < -0.3 is 0 Å². The van der Waals surface area contributed by atoms with Gasteiger partial charge in [0.05, 0.1) is 0 Å². The van der Waals surface area contributed by atoms with Crippen molar-refractivity contribution in [2.24, 2.45) is 22.7 Å². The summed E-state index contributed by atoms with van der Waals surface area (Å²) in [4.78, 5) is 12.9. The predicted octanol–water partition coefficient (Wildman–Crippen LogP) is 5.13. The van der Waals surface area contributed by atoms with Gasteiger partial charge in [0.25, 0.3) is 0 Å². The van der Waals surface area contributed by atoms with Gasteiger partial charge in [-0.05, 0) is 69.6 Å². The number of carbonyl (C=O) groups excluding carboxylic acids is 1. The molecule has 0 N–H and O–H groups in total. The highest BCUT2D eigenvalue weighted by molar-refractivity contribution is 5.96. The minimum Gasteiger partial charge on any atom is -0.298 e. The van der Waals surface area contributed by atoms with Gasteiger partial charge >= 0.3 is 0 Å². The van der Waals surface area contributed by atoms with Gasteiger partial charge in [-0.2, -0.15) is 0 Å². The topological polar surface area (TPSA) is 17.1 Å². The van der Waals surface area contributed by atoms with Crippen LogP contribution in [0, 0.1) is 22.7 Å². The molecule has 1 heteroatoms. The van der Waals surface area contributed by atoms with Crippen molar-refractivity contribution < 1.29 is 4.79 Å². The summed E-state index contributed by atoms with van der Waals surface area (Å²) in [5.74, 6) is 2.51. The Bertz CT molecular complexity index is 309. The third-order valence-corrected chi connectivity index (χ3v) is 6.92. The molecule has 0 radical (unpaired) electrons. The van der Waals surface area contributed by atoms with Crippen LogP contribution in [-0.2, 0) is 4.79 Å². The molecule has 0 heterocycles. The fraction of sp³-hybridized carbons (Fsp3) is 0.944. The zero-order valence-electron chi connectivity index (χ0n) is 12.8. The second-order valence-corrected chi connectivity index (χ2v) is 7.77. The van der Waals surface area contributed by atoms with Gasteiger partial charge in [0.2, 0.25) is 0 Å². The number of ketones is 1. The fourth-order valence-electron chi connectivity index (χ4n) is 5.35. The van der Waals surface area contributed by atoms with Crippen LogP contribution in [0.3, 0.4) is 0 Å². The lowest BCUT2D eigenvalue weighted by Crippen LogP contribution is -2.59. The first-order valence-corrected chi connectivity index (χ1v) is 8.69. The second-order valence-electron chi connectivity index (χ2n) is 7.77. The molecule has 3 fully saturated rings. The first kappa shape index (κ1) is 13.6. The SMILES string of the molecule is CCC1CCC2(CC1)CC1(CCC(CC)CC1)C2=O. The van der Waals surface area contributed by atoms with E-state index in [4.69, 9.17) is 0 Å². The predicted molar refractivity (Wildman–Crippen MR) is 79.0 cm³/mol. The molecule has 1 nitrogen and oxygen atoms in total. The van der Waals surface area contributed by atoms with Crippen LogP contribution in [0.5, 0.6) is 0 Å². The summed E-state index contributed by atoms with van der Waals surface area (Å²) in [6.07, 6.45) is 14.0. The van der Waals surface area contributed by atoms with Crippen LogP contribution >= 0.6 is 0 Å². The summed E-state index contributed by atoms with van der Waals surface area (Å²) < 4.78 is 0. The van der Waals surface area contributed by atoms with Gasteiger partial charge in [-0.3, -0.25) is 4.79 Å². The Hall–Kier alpha value is -0.330. The molecule has 3 rings (SSSR count). The second kappa shape index (κ2) is 4.90. The molecule has 3 aliphatic carbocycles. The Morgan fingerprint density at radius 1 is 0.842 bits per heavy atom. The molecule has 0 bridgehead atoms. The van der Waals surface area contributed by atoms with Crippen LogP contribution in [-0.4, -0.2) is 5.78 Å². The normalized spacial score (nSPS) is 46.5. The Kier molecular flexibility index (Phi) is 3.52. The summed E-state index contributed by atoms with van der Waals surface area (Å²) in [5.41, 5.74) is 0.315. The zero-order valence-corrected chi connectivity index (χ0v) is 12.8. The van der Waals surface area contributed by atoms with E-state index >= 15 is 0 Å². The first-order valence-electron chi connectivity index (χ1n) is 8.69. The highest BCUT2D eigenvalue weighted by atomic mass is 16.1. The van der Waals surface area contributed by atoms with Crippen LogP contribution in [0.25, 0.3) is 0 Å². The minimum absolute atomic E-state index is 0.157. The van der Waals surface area contributed by atoms with Crippen LogP contribution in [0.15, 0.2) is 0 Å². The molecule has 0 saturated heterocycles. The number of carbonyl (C=O) groups is 1. The Morgan fingerprint density at radius 3 is 1.47 bits per heavy atom. The molecule has 0 unspecified atom stereocenters. The highest BCUT2D eigenvalue weighted by Gasteiger charge is 2.62. The maximum Gasteiger partial charge on any atom is 0.145 e. The van der Waals surface area contributed by atoms with Crippen molar-refractivity contribution in [2.75, 3.05) is 0 Å². The van der Waals surface area contributed by atoms with Gasteiger partial charge in [0, 0.05) is 10.8 Å². The van der Waals surface area contributed by atoms with E-state index in [2.05, 4.69) is 13.8 Å². The third kappa shape index (κ3) is 2.08. The molecule has 0 aromatic rings. The summed E-state index contributed by atoms with van der Waals surface area (Å²) in [6.45, 7) is 4.61. The van der Waals surface area contributed by atoms with E-state index in [1.54, 1.807) is 0 Å². The maximum atomic E-state index is 12.9. The van der Waals surface area contributed by atoms with Gasteiger partial charge in [-0.25, -0.2) is 0 Å². The average Bonchev–Trinajstić information content (AvgIpc) is 2.48. The molecular weight excluding hydrogens is 232 g/mol. The molecule has 3 aliphatic rings. The lowest BCUT2D eigenvalue weighted by Gasteiger charge is -2.59. The largest absolute Gasteiger partial charge is 0.298 e. The lowest BCUT2D eigenvalue weighted by atomic mass is 9.43. The third-order valence-electron chi connectivity index (χ3n) is 6.92. The summed E-state index contributed by atoms with van der Waals surface area (Å²) >= 11 is 0. The number of hydrogen-bond donors (Lipinski definition) is 0. The molecular formula is C18H30O. The molecule has 108 valence electrons. The van der Waals surface area contributed by atoms with E-state index in [9.17, 15) is 4.79 Å². The van der Waals surface area contributed by atoms with E-state index in [-0.39, 0.29) is 10.8 Å². The summed E-state index contributed by atoms with van der Waals surface area (Å²) in [7, 11) is 0. The molecule has 19 heavy (non-hydrogen) atoms. The van der Waals surface area contributed by atoms with Gasteiger partial charge in [-0.15, -0.1) is 0 Å². The number of hydrogen-bond acceptors (Lipinski definition) is 1. The molecule has 0 aliphatic heterocycles. The Morgan fingerprint density at radius 2 is 1.21 bits per heavy atom. The van der Waals surface area contributed by atoms with E-state index < -0.39 is 0 Å². The van der Waals surface area contributed by atoms with Crippen molar-refractivity contribution in [1.82, 2.24) is 0 Å². The van der Waals surface area contributed by atoms with Crippen LogP contribution in [0.1, 0.15) is 84.5 Å². The molecule has 0 aromatic carbocycles. The quantitative estimate of drug-likeness (QED) is 0.674. The maximum absolute atomic E-state index is 12.9. The molecule has 0 atom stereocenters. The van der Waals surface area contributed by atoms with E-state index in [0.29, 0.717) is 5.78 Å². The van der Waals surface area contributed by atoms with Gasteiger partial charge in [0.1, 0.15) is 5.78 Å². The standard InChI is InChI=1S/C18H30O/c1-3-14-5-9-17(10-6-14)13-18(16(17)19)11-7-15(4-2)8-12-18/h14-15H,3-13H2,1-2H3. The molecule has 2 spiro atoms. The Balaban J connectivity index is 1.61. The smallest absolute Gasteiger partial charge is 0.145 e. The average molecular weight is 262 g/mol. The van der Waals surface area contributed by atoms with Gasteiger partial charge in [0.15, 0.2) is 0 Å². The van der Waals surface area contributed by atoms with Crippen molar-refractivity contribution in [3.8, 4) is 0 Å². The van der Waals surface area contributed by atoms with Crippen LogP contribution < -0.4 is 0 Å². The highest BCUT2D eigenvalue weighted by Crippen LogP contribution is 2.64. The van der Waals surface area contributed by atoms with Crippen LogP contribution in [0.2, 0.25) is 0 Å². The number of rotatable bonds is 2. The van der Waals surface area contributed by atoms with Crippen molar-refractivity contribution in [1.29, 1.82) is 0 Å². The van der Waals surface area contributed by atoms with E-state index in [1.165, 1.54) is 70.6 Å². The summed E-state index contributed by atoms with van der Waals surface area (Å²) in [5, 5.41) is 0. The van der Waals surface area contributed by atoms with E-state index in [0.717, 1.165) is 11.8 Å². The van der Waals surface area contributed by atoms with Crippen molar-refractivity contribution in [2.45, 2.75) is 84.5 Å². The summed E-state index contributed by atoms with van der Waals surface area (Å²) in [6, 6.07) is 0. The number of Topliss-reactive ketones (excluding diaryl/α,β-unsaturated/α-hetero) is 1. The fourth-order valence-corrected chi connectivity index (χ4v) is 5.35. The zero-order chi connectivity index (χ0) is 13.5. The van der Waals surface area contributed by atoms with Crippen molar-refractivity contribution >= 4 is 5.78 Å². The van der Waals surface area contributed by atoms with E-state index in [1.807, 2.05) is 0 Å². The van der Waals surface area contributed by atoms with Crippen molar-refractivity contribution in [3.05, 3.63) is 0 Å².